The van der Waals surface area contributed by atoms with E-state index < -0.39 is 6.10 Å². The number of aliphatic hydroxyl groups is 1. The summed E-state index contributed by atoms with van der Waals surface area (Å²) < 4.78 is 4.38. The molecule has 1 unspecified atom stereocenters. The van der Waals surface area contributed by atoms with E-state index in [1.165, 1.54) is 11.9 Å². The number of hydrogen-bond donors (Lipinski definition) is 1. The molecule has 1 aliphatic rings. The fourth-order valence-corrected chi connectivity index (χ4v) is 5.61. The predicted molar refractivity (Wildman–Crippen MR) is 145 cm³/mol. The van der Waals surface area contributed by atoms with E-state index in [2.05, 4.69) is 39.0 Å². The Bertz CT molecular complexity index is 1240. The molecule has 1 aliphatic heterocycles. The molecule has 9 nitrogen and oxygen atoms in total. The van der Waals surface area contributed by atoms with E-state index in [0.29, 0.717) is 24.3 Å². The molecule has 0 spiro atoms. The van der Waals surface area contributed by atoms with E-state index in [0.717, 1.165) is 49.5 Å². The second kappa shape index (κ2) is 12.2. The average molecular weight is 515 g/mol. The first kappa shape index (κ1) is 26.7. The summed E-state index contributed by atoms with van der Waals surface area (Å²) in [6.45, 7) is 10.3. The topological polar surface area (TPSA) is 88.5 Å². The lowest BCUT2D eigenvalue weighted by Crippen LogP contribution is -2.49. The van der Waals surface area contributed by atoms with Gasteiger partial charge in [-0.05, 0) is 36.8 Å². The van der Waals surface area contributed by atoms with Gasteiger partial charge in [-0.25, -0.2) is 9.78 Å². The minimum Gasteiger partial charge on any atom is -0.390 e. The lowest BCUT2D eigenvalue weighted by molar-refractivity contribution is 0.0650. The summed E-state index contributed by atoms with van der Waals surface area (Å²) in [5.41, 5.74) is 0.0281. The molecular formula is C26H38N6O3S. The maximum atomic E-state index is 12.9. The number of hydrogen-bond acceptors (Lipinski definition) is 7. The van der Waals surface area contributed by atoms with Crippen LogP contribution in [0.25, 0.3) is 11.2 Å². The van der Waals surface area contributed by atoms with Gasteiger partial charge in [-0.2, -0.15) is 0 Å². The van der Waals surface area contributed by atoms with Crippen LogP contribution in [0.2, 0.25) is 0 Å². The van der Waals surface area contributed by atoms with E-state index in [9.17, 15) is 14.7 Å². The van der Waals surface area contributed by atoms with Crippen LogP contribution in [0, 0.1) is 5.92 Å². The Hall–Kier alpha value is -2.40. The van der Waals surface area contributed by atoms with Crippen molar-refractivity contribution >= 4 is 22.9 Å². The Morgan fingerprint density at radius 3 is 2.39 bits per heavy atom. The molecule has 0 saturated carbocycles. The Morgan fingerprint density at radius 1 is 1.00 bits per heavy atom. The molecule has 4 rings (SSSR count). The van der Waals surface area contributed by atoms with Crippen LogP contribution in [0.5, 0.6) is 0 Å². The highest BCUT2D eigenvalue weighted by Gasteiger charge is 2.22. The molecule has 196 valence electrons. The summed E-state index contributed by atoms with van der Waals surface area (Å²) >= 11 is 1.91. The molecule has 1 atom stereocenters. The van der Waals surface area contributed by atoms with Crippen molar-refractivity contribution in [2.75, 3.05) is 45.0 Å². The third-order valence-corrected chi connectivity index (χ3v) is 7.72. The van der Waals surface area contributed by atoms with E-state index in [1.807, 2.05) is 31.7 Å². The van der Waals surface area contributed by atoms with E-state index >= 15 is 0 Å². The standard InChI is InChI=1S/C26H38N6O3S/c1-20(2)16-32-24-23(25(34)28(3)26(32)35)31(19-27-24)18-21(33)17-30-13-11-29(12-14-30)10-7-15-36-22-8-5-4-6-9-22/h4-6,8-9,19-21,33H,7,10-18H2,1-3H3. The molecule has 0 bridgehead atoms. The Labute approximate surface area is 216 Å². The molecule has 2 aromatic heterocycles. The normalized spacial score (nSPS) is 16.2. The van der Waals surface area contributed by atoms with Crippen molar-refractivity contribution in [3.8, 4) is 0 Å². The molecule has 36 heavy (non-hydrogen) atoms. The first-order valence-electron chi connectivity index (χ1n) is 12.8. The van der Waals surface area contributed by atoms with E-state index in [-0.39, 0.29) is 23.7 Å². The van der Waals surface area contributed by atoms with Gasteiger partial charge in [0.15, 0.2) is 11.2 Å². The van der Waals surface area contributed by atoms with Crippen molar-refractivity contribution in [3.63, 3.8) is 0 Å². The Morgan fingerprint density at radius 2 is 1.69 bits per heavy atom. The van der Waals surface area contributed by atoms with Crippen molar-refractivity contribution in [2.45, 2.75) is 44.4 Å². The van der Waals surface area contributed by atoms with Crippen molar-refractivity contribution in [2.24, 2.45) is 13.0 Å². The molecule has 3 aromatic rings. The predicted octanol–water partition coefficient (Wildman–Crippen LogP) is 1.71. The minimum absolute atomic E-state index is 0.237. The number of β-amino-alcohol motifs (C(OH)–C–C–N with tert-alkyl or cyclic N) is 1. The van der Waals surface area contributed by atoms with Gasteiger partial charge in [0.1, 0.15) is 0 Å². The number of fused-ring (bicyclic) bond motifs is 1. The van der Waals surface area contributed by atoms with Crippen LogP contribution in [-0.4, -0.2) is 84.7 Å². The third-order valence-electron chi connectivity index (χ3n) is 6.62. The molecule has 0 aliphatic carbocycles. The fraction of sp³-hybridized carbons (Fsp3) is 0.577. The van der Waals surface area contributed by atoms with Crippen LogP contribution in [0.1, 0.15) is 20.3 Å². The van der Waals surface area contributed by atoms with Crippen LogP contribution in [-0.2, 0) is 20.1 Å². The molecule has 1 saturated heterocycles. The third kappa shape index (κ3) is 6.47. The number of thioether (sulfide) groups is 1. The summed E-state index contributed by atoms with van der Waals surface area (Å²) in [6.07, 6.45) is 2.09. The Kier molecular flexibility index (Phi) is 9.05. The van der Waals surface area contributed by atoms with Crippen molar-refractivity contribution in [3.05, 3.63) is 57.5 Å². The lowest BCUT2D eigenvalue weighted by Gasteiger charge is -2.35. The molecule has 0 amide bonds. The van der Waals surface area contributed by atoms with Crippen LogP contribution in [0.15, 0.2) is 51.1 Å². The monoisotopic (exact) mass is 514 g/mol. The number of benzene rings is 1. The van der Waals surface area contributed by atoms with Crippen molar-refractivity contribution < 1.29 is 5.11 Å². The second-order valence-corrected chi connectivity index (χ2v) is 11.2. The average Bonchev–Trinajstić information content (AvgIpc) is 3.28. The maximum absolute atomic E-state index is 12.9. The van der Waals surface area contributed by atoms with Crippen LogP contribution in [0.3, 0.4) is 0 Å². The van der Waals surface area contributed by atoms with Gasteiger partial charge in [0, 0.05) is 51.2 Å². The number of aromatic nitrogens is 4. The van der Waals surface area contributed by atoms with E-state index in [1.54, 1.807) is 15.5 Å². The first-order valence-corrected chi connectivity index (χ1v) is 13.8. The van der Waals surface area contributed by atoms with Gasteiger partial charge in [0.05, 0.1) is 19.0 Å². The van der Waals surface area contributed by atoms with Gasteiger partial charge in [0.2, 0.25) is 0 Å². The summed E-state index contributed by atoms with van der Waals surface area (Å²) in [6, 6.07) is 10.5. The summed E-state index contributed by atoms with van der Waals surface area (Å²) in [7, 11) is 1.49. The largest absolute Gasteiger partial charge is 0.390 e. The van der Waals surface area contributed by atoms with Crippen molar-refractivity contribution in [1.29, 1.82) is 0 Å². The molecule has 1 aromatic carbocycles. The van der Waals surface area contributed by atoms with Crippen LogP contribution < -0.4 is 11.2 Å². The highest BCUT2D eigenvalue weighted by Crippen LogP contribution is 2.18. The van der Waals surface area contributed by atoms with Crippen molar-refractivity contribution in [1.82, 2.24) is 28.5 Å². The second-order valence-electron chi connectivity index (χ2n) is 10.0. The quantitative estimate of drug-likeness (QED) is 0.308. The number of rotatable bonds is 11. The SMILES string of the molecule is CC(C)Cn1c(=O)n(C)c(=O)c2c1ncn2CC(O)CN1CCN(CCCSc2ccccc2)CC1. The molecule has 0 radical (unpaired) electrons. The molecule has 1 fully saturated rings. The van der Waals surface area contributed by atoms with Gasteiger partial charge in [-0.15, -0.1) is 11.8 Å². The summed E-state index contributed by atoms with van der Waals surface area (Å²) in [5.74, 6) is 1.35. The number of nitrogens with zero attached hydrogens (tertiary/aromatic N) is 6. The summed E-state index contributed by atoms with van der Waals surface area (Å²) in [4.78, 5) is 36.0. The van der Waals surface area contributed by atoms with Gasteiger partial charge in [0.25, 0.3) is 5.56 Å². The maximum Gasteiger partial charge on any atom is 0.332 e. The number of imidazole rings is 1. The molecule has 10 heteroatoms. The molecular weight excluding hydrogens is 476 g/mol. The first-order chi connectivity index (χ1) is 17.3. The smallest absolute Gasteiger partial charge is 0.332 e. The van der Waals surface area contributed by atoms with Gasteiger partial charge < -0.3 is 14.6 Å². The molecule has 3 heterocycles. The minimum atomic E-state index is -0.633. The van der Waals surface area contributed by atoms with Gasteiger partial charge in [-0.3, -0.25) is 18.8 Å². The van der Waals surface area contributed by atoms with Crippen LogP contribution in [0.4, 0.5) is 0 Å². The zero-order chi connectivity index (χ0) is 25.7. The molecule has 1 N–H and O–H groups in total. The number of aliphatic hydroxyl groups excluding tert-OH is 1. The zero-order valence-corrected chi connectivity index (χ0v) is 22.4. The Balaban J connectivity index is 1.28. The zero-order valence-electron chi connectivity index (χ0n) is 21.5. The van der Waals surface area contributed by atoms with Gasteiger partial charge >= 0.3 is 5.69 Å². The van der Waals surface area contributed by atoms with E-state index in [4.69, 9.17) is 0 Å². The highest BCUT2D eigenvalue weighted by atomic mass is 32.2. The van der Waals surface area contributed by atoms with Gasteiger partial charge in [-0.1, -0.05) is 32.0 Å². The summed E-state index contributed by atoms with van der Waals surface area (Å²) in [5, 5.41) is 10.8. The number of piperazine rings is 1. The van der Waals surface area contributed by atoms with Crippen LogP contribution >= 0.6 is 11.8 Å². The highest BCUT2D eigenvalue weighted by molar-refractivity contribution is 7.99. The fourth-order valence-electron chi connectivity index (χ4n) is 4.75. The lowest BCUT2D eigenvalue weighted by atomic mass is 10.2.